The molecule has 0 aliphatic heterocycles. The molecule has 6 nitrogen and oxygen atoms in total. The van der Waals surface area contributed by atoms with Crippen LogP contribution >= 0.6 is 46.1 Å². The maximum absolute atomic E-state index is 12.8. The van der Waals surface area contributed by atoms with Gasteiger partial charge in [-0.25, -0.2) is 4.52 Å². The van der Waals surface area contributed by atoms with Crippen LogP contribution in [-0.2, 0) is 4.79 Å². The zero-order valence-electron chi connectivity index (χ0n) is 15.8. The monoisotopic (exact) mass is 480 g/mol. The molecule has 0 bridgehead atoms. The summed E-state index contributed by atoms with van der Waals surface area (Å²) in [6, 6.07) is 12.0. The van der Waals surface area contributed by atoms with Gasteiger partial charge < -0.3 is 4.74 Å². The second-order valence-corrected chi connectivity index (χ2v) is 9.01. The summed E-state index contributed by atoms with van der Waals surface area (Å²) in [6.45, 7) is 3.32. The smallest absolute Gasteiger partial charge is 0.270 e. The molecule has 2 heterocycles. The van der Waals surface area contributed by atoms with E-state index in [1.807, 2.05) is 5.38 Å². The number of ether oxygens (including phenoxy) is 1. The normalized spacial score (nSPS) is 11.6. The summed E-state index contributed by atoms with van der Waals surface area (Å²) in [7, 11) is 0. The number of nitrogens with zero attached hydrogens (tertiary/aromatic N) is 3. The number of benzene rings is 2. The van der Waals surface area contributed by atoms with E-state index >= 15 is 0 Å². The number of nitrogens with one attached hydrogen (secondary N) is 1. The highest BCUT2D eigenvalue weighted by Crippen LogP contribution is 2.33. The zero-order valence-corrected chi connectivity index (χ0v) is 18.9. The van der Waals surface area contributed by atoms with Gasteiger partial charge in [0.2, 0.25) is 4.96 Å². The topological polar surface area (TPSA) is 68.5 Å². The number of hydrogen-bond donors (Lipinski definition) is 1. The van der Waals surface area contributed by atoms with E-state index in [4.69, 9.17) is 39.5 Å². The van der Waals surface area contributed by atoms with Crippen molar-refractivity contribution in [2.24, 2.45) is 0 Å². The number of anilines is 1. The highest BCUT2D eigenvalue weighted by molar-refractivity contribution is 7.15. The maximum Gasteiger partial charge on any atom is 0.270 e. The van der Waals surface area contributed by atoms with E-state index in [-0.39, 0.29) is 5.95 Å². The van der Waals surface area contributed by atoms with Gasteiger partial charge in [0, 0.05) is 21.0 Å². The van der Waals surface area contributed by atoms with Crippen molar-refractivity contribution < 1.29 is 9.53 Å². The molecule has 0 fully saturated rings. The average molecular weight is 482 g/mol. The van der Waals surface area contributed by atoms with E-state index in [0.29, 0.717) is 25.8 Å². The molecule has 0 aliphatic rings. The van der Waals surface area contributed by atoms with Gasteiger partial charge in [-0.15, -0.1) is 16.4 Å². The Balaban J connectivity index is 1.57. The Morgan fingerprint density at radius 2 is 1.80 bits per heavy atom. The van der Waals surface area contributed by atoms with Crippen molar-refractivity contribution >= 4 is 63.0 Å². The Morgan fingerprint density at radius 1 is 1.10 bits per heavy atom. The van der Waals surface area contributed by atoms with Gasteiger partial charge in [0.05, 0.1) is 10.7 Å². The molecule has 2 aromatic heterocycles. The van der Waals surface area contributed by atoms with Crippen LogP contribution in [0.25, 0.3) is 16.2 Å². The zero-order chi connectivity index (χ0) is 21.5. The molecule has 2 aromatic carbocycles. The predicted octanol–water partition coefficient (Wildman–Crippen LogP) is 6.21. The van der Waals surface area contributed by atoms with Crippen LogP contribution in [0.2, 0.25) is 15.1 Å². The number of amides is 1. The molecule has 1 N–H and O–H groups in total. The number of rotatable bonds is 5. The van der Waals surface area contributed by atoms with Crippen molar-refractivity contribution in [3.63, 3.8) is 0 Å². The fourth-order valence-corrected chi connectivity index (χ4v) is 4.04. The molecule has 30 heavy (non-hydrogen) atoms. The van der Waals surface area contributed by atoms with Crippen molar-refractivity contribution in [1.82, 2.24) is 14.6 Å². The molecule has 4 rings (SSSR count). The quantitative estimate of drug-likeness (QED) is 0.368. The summed E-state index contributed by atoms with van der Waals surface area (Å²) in [5.41, 5.74) is 0.294. The SMILES string of the molecule is CC(C)(Oc1ccc(Cl)cc1)C(=O)Nc1nc2scc(-c3cc(Cl)ccc3Cl)n2n1. The van der Waals surface area contributed by atoms with Crippen molar-refractivity contribution in [2.75, 3.05) is 5.32 Å². The molecule has 154 valence electrons. The van der Waals surface area contributed by atoms with Gasteiger partial charge in [-0.1, -0.05) is 34.8 Å². The minimum absolute atomic E-state index is 0.166. The first kappa shape index (κ1) is 20.9. The number of hydrogen-bond acceptors (Lipinski definition) is 5. The van der Waals surface area contributed by atoms with Crippen LogP contribution in [0.5, 0.6) is 5.75 Å². The van der Waals surface area contributed by atoms with E-state index in [1.165, 1.54) is 11.3 Å². The molecule has 1 amide bonds. The van der Waals surface area contributed by atoms with Gasteiger partial charge >= 0.3 is 0 Å². The third-order valence-corrected chi connectivity index (χ3v) is 5.88. The van der Waals surface area contributed by atoms with E-state index < -0.39 is 11.5 Å². The van der Waals surface area contributed by atoms with Gasteiger partial charge in [-0.2, -0.15) is 4.98 Å². The molecule has 0 saturated carbocycles. The largest absolute Gasteiger partial charge is 0.478 e. The van der Waals surface area contributed by atoms with Crippen LogP contribution in [0.3, 0.4) is 0 Å². The van der Waals surface area contributed by atoms with E-state index in [0.717, 1.165) is 11.3 Å². The molecule has 0 saturated heterocycles. The molecule has 10 heteroatoms. The number of fused-ring (bicyclic) bond motifs is 1. The number of thiazole rings is 1. The molecule has 0 aliphatic carbocycles. The number of carbonyl (C=O) groups is 1. The minimum Gasteiger partial charge on any atom is -0.478 e. The summed E-state index contributed by atoms with van der Waals surface area (Å²) in [4.78, 5) is 17.7. The highest BCUT2D eigenvalue weighted by Gasteiger charge is 2.31. The Hall–Kier alpha value is -2.32. The fourth-order valence-electron chi connectivity index (χ4n) is 2.71. The van der Waals surface area contributed by atoms with E-state index in [1.54, 1.807) is 60.8 Å². The van der Waals surface area contributed by atoms with Gasteiger partial charge in [-0.3, -0.25) is 10.1 Å². The minimum atomic E-state index is -1.16. The van der Waals surface area contributed by atoms with Crippen molar-refractivity contribution in [2.45, 2.75) is 19.4 Å². The van der Waals surface area contributed by atoms with Crippen LogP contribution < -0.4 is 10.1 Å². The van der Waals surface area contributed by atoms with Crippen LogP contribution in [0.15, 0.2) is 47.8 Å². The van der Waals surface area contributed by atoms with Crippen LogP contribution in [0, 0.1) is 0 Å². The average Bonchev–Trinajstić information content (AvgIpc) is 3.25. The van der Waals surface area contributed by atoms with Gasteiger partial charge in [-0.05, 0) is 56.3 Å². The molecule has 0 spiro atoms. The first-order chi connectivity index (χ1) is 14.2. The molecular formula is C20H15Cl3N4O2S. The maximum atomic E-state index is 12.8. The lowest BCUT2D eigenvalue weighted by Crippen LogP contribution is -2.42. The van der Waals surface area contributed by atoms with Crippen LogP contribution in [-0.4, -0.2) is 26.1 Å². The first-order valence-electron chi connectivity index (χ1n) is 8.79. The first-order valence-corrected chi connectivity index (χ1v) is 10.8. The lowest BCUT2D eigenvalue weighted by molar-refractivity contribution is -0.128. The van der Waals surface area contributed by atoms with Crippen molar-refractivity contribution in [3.05, 3.63) is 62.9 Å². The fraction of sp³-hybridized carbons (Fsp3) is 0.150. The van der Waals surface area contributed by atoms with Crippen molar-refractivity contribution in [3.8, 4) is 17.0 Å². The van der Waals surface area contributed by atoms with Crippen LogP contribution in [0.1, 0.15) is 13.8 Å². The number of halogens is 3. The van der Waals surface area contributed by atoms with E-state index in [2.05, 4.69) is 15.4 Å². The molecule has 4 aromatic rings. The summed E-state index contributed by atoms with van der Waals surface area (Å²) in [5, 5.41) is 10.7. The lowest BCUT2D eigenvalue weighted by atomic mass is 10.1. The standard InChI is InChI=1S/C20H15Cl3N4O2S/c1-20(2,29-13-6-3-11(21)4-7-13)17(28)24-18-25-19-27(26-18)16(10-30-19)14-9-12(22)5-8-15(14)23/h3-10H,1-2H3,(H,24,26,28). The molecular weight excluding hydrogens is 467 g/mol. The Bertz CT molecular complexity index is 1230. The Kier molecular flexibility index (Phi) is 5.63. The summed E-state index contributed by atoms with van der Waals surface area (Å²) >= 11 is 19.7. The summed E-state index contributed by atoms with van der Waals surface area (Å²) in [6.07, 6.45) is 0. The van der Waals surface area contributed by atoms with E-state index in [9.17, 15) is 4.79 Å². The van der Waals surface area contributed by atoms with Crippen LogP contribution in [0.4, 0.5) is 5.95 Å². The Labute approximate surface area is 191 Å². The Morgan fingerprint density at radius 3 is 2.53 bits per heavy atom. The highest BCUT2D eigenvalue weighted by atomic mass is 35.5. The predicted molar refractivity (Wildman–Crippen MR) is 121 cm³/mol. The summed E-state index contributed by atoms with van der Waals surface area (Å²) < 4.78 is 7.42. The van der Waals surface area contributed by atoms with Gasteiger partial charge in [0.1, 0.15) is 5.75 Å². The molecule has 0 radical (unpaired) electrons. The third kappa shape index (κ3) is 4.25. The second kappa shape index (κ2) is 8.07. The number of carbonyl (C=O) groups excluding carboxylic acids is 1. The molecule has 0 unspecified atom stereocenters. The second-order valence-electron chi connectivity index (χ2n) is 6.90. The van der Waals surface area contributed by atoms with Gasteiger partial charge in [0.15, 0.2) is 5.60 Å². The third-order valence-electron chi connectivity index (χ3n) is 4.24. The van der Waals surface area contributed by atoms with Gasteiger partial charge in [0.25, 0.3) is 11.9 Å². The number of aromatic nitrogens is 3. The molecule has 0 atom stereocenters. The summed E-state index contributed by atoms with van der Waals surface area (Å²) in [5.74, 6) is 0.299. The van der Waals surface area contributed by atoms with Crippen molar-refractivity contribution in [1.29, 1.82) is 0 Å². The lowest BCUT2D eigenvalue weighted by Gasteiger charge is -2.24.